The summed E-state index contributed by atoms with van der Waals surface area (Å²) in [5, 5.41) is 10.0. The van der Waals surface area contributed by atoms with Crippen LogP contribution in [0.15, 0.2) is 53.4 Å². The summed E-state index contributed by atoms with van der Waals surface area (Å²) in [6.45, 7) is 1.63. The molecule has 2 heterocycles. The number of carbonyl (C=O) groups is 1. The molecular formula is C23H15F6NO2S2. The Morgan fingerprint density at radius 1 is 1.06 bits per heavy atom. The van der Waals surface area contributed by atoms with E-state index in [1.165, 1.54) is 23.2 Å². The van der Waals surface area contributed by atoms with Crippen LogP contribution in [0.3, 0.4) is 0 Å². The number of nitrogens with zero attached hydrogens (tertiary/aromatic N) is 1. The van der Waals surface area contributed by atoms with Crippen molar-refractivity contribution in [1.82, 2.24) is 0 Å². The van der Waals surface area contributed by atoms with Crippen molar-refractivity contribution in [3.63, 3.8) is 0 Å². The topological polar surface area (TPSA) is 40.5 Å². The van der Waals surface area contributed by atoms with E-state index in [0.717, 1.165) is 27.9 Å². The molecule has 0 saturated heterocycles. The van der Waals surface area contributed by atoms with Gasteiger partial charge in [0.2, 0.25) is 0 Å². The molecule has 3 nitrogen and oxygen atoms in total. The molecule has 0 bridgehead atoms. The number of thioether (sulfide) groups is 1. The number of fused-ring (bicyclic) bond motifs is 2. The van der Waals surface area contributed by atoms with Crippen LogP contribution in [-0.4, -0.2) is 35.2 Å². The van der Waals surface area contributed by atoms with E-state index in [-0.39, 0.29) is 17.1 Å². The van der Waals surface area contributed by atoms with Crippen LogP contribution in [0.25, 0.3) is 10.1 Å². The minimum atomic E-state index is -6.01. The van der Waals surface area contributed by atoms with Gasteiger partial charge in [0.25, 0.3) is 11.5 Å². The lowest BCUT2D eigenvalue weighted by atomic mass is 9.92. The SMILES string of the molecule is CC#CC1CN(C(=O)c2cc3ccccc3s2)c2ccc(C(O)(C(F)(F)F)C(F)(F)F)cc2S1. The first-order valence-electron chi connectivity index (χ1n) is 9.76. The van der Waals surface area contributed by atoms with Gasteiger partial charge in [-0.1, -0.05) is 30.2 Å². The number of hydrogen-bond donors (Lipinski definition) is 1. The van der Waals surface area contributed by atoms with Gasteiger partial charge in [0.1, 0.15) is 0 Å². The Labute approximate surface area is 198 Å². The van der Waals surface area contributed by atoms with E-state index in [1.54, 1.807) is 6.07 Å². The largest absolute Gasteiger partial charge is 0.430 e. The molecule has 0 aliphatic carbocycles. The fraction of sp³-hybridized carbons (Fsp3) is 0.261. The molecule has 3 aromatic rings. The van der Waals surface area contributed by atoms with Gasteiger partial charge in [-0.3, -0.25) is 4.79 Å². The quantitative estimate of drug-likeness (QED) is 0.319. The molecule has 1 atom stereocenters. The van der Waals surface area contributed by atoms with Gasteiger partial charge < -0.3 is 10.0 Å². The van der Waals surface area contributed by atoms with Gasteiger partial charge in [-0.05, 0) is 36.6 Å². The van der Waals surface area contributed by atoms with Crippen molar-refractivity contribution in [2.24, 2.45) is 0 Å². The lowest BCUT2D eigenvalue weighted by Crippen LogP contribution is -2.54. The van der Waals surface area contributed by atoms with Crippen LogP contribution in [-0.2, 0) is 5.60 Å². The molecule has 11 heteroatoms. The number of halogens is 6. The highest BCUT2D eigenvalue weighted by molar-refractivity contribution is 8.00. The average molecular weight is 516 g/mol. The minimum Gasteiger partial charge on any atom is -0.369 e. The molecule has 178 valence electrons. The van der Waals surface area contributed by atoms with Crippen molar-refractivity contribution in [3.8, 4) is 11.8 Å². The van der Waals surface area contributed by atoms with Crippen LogP contribution in [0.4, 0.5) is 32.0 Å². The van der Waals surface area contributed by atoms with Crippen LogP contribution < -0.4 is 4.90 Å². The summed E-state index contributed by atoms with van der Waals surface area (Å²) < 4.78 is 81.1. The molecule has 1 aromatic heterocycles. The maximum absolute atomic E-state index is 13.4. The zero-order chi connectivity index (χ0) is 24.9. The van der Waals surface area contributed by atoms with Gasteiger partial charge in [-0.2, -0.15) is 26.3 Å². The van der Waals surface area contributed by atoms with Crippen molar-refractivity contribution in [3.05, 3.63) is 59.0 Å². The Hall–Kier alpha value is -2.68. The van der Waals surface area contributed by atoms with Crippen molar-refractivity contribution in [2.75, 3.05) is 11.4 Å². The Morgan fingerprint density at radius 3 is 2.35 bits per heavy atom. The average Bonchev–Trinajstić information content (AvgIpc) is 3.20. The van der Waals surface area contributed by atoms with Crippen LogP contribution in [0, 0.1) is 11.8 Å². The summed E-state index contributed by atoms with van der Waals surface area (Å²) in [7, 11) is 0. The van der Waals surface area contributed by atoms with E-state index in [2.05, 4.69) is 11.8 Å². The molecule has 0 spiro atoms. The Bertz CT molecular complexity index is 1270. The summed E-state index contributed by atoms with van der Waals surface area (Å²) >= 11 is 2.18. The fourth-order valence-corrected chi connectivity index (χ4v) is 5.86. The van der Waals surface area contributed by atoms with Crippen molar-refractivity contribution < 1.29 is 36.2 Å². The Kier molecular flexibility index (Phi) is 6.12. The highest BCUT2D eigenvalue weighted by atomic mass is 32.2. The van der Waals surface area contributed by atoms with Crippen LogP contribution >= 0.6 is 23.1 Å². The molecule has 1 unspecified atom stereocenters. The first kappa shape index (κ1) is 24.4. The lowest BCUT2D eigenvalue weighted by molar-refractivity contribution is -0.376. The second kappa shape index (κ2) is 8.52. The number of anilines is 1. The number of aliphatic hydroxyl groups is 1. The summed E-state index contributed by atoms with van der Waals surface area (Å²) in [6, 6.07) is 11.2. The van der Waals surface area contributed by atoms with E-state index in [4.69, 9.17) is 0 Å². The van der Waals surface area contributed by atoms with Gasteiger partial charge in [-0.25, -0.2) is 0 Å². The van der Waals surface area contributed by atoms with Gasteiger partial charge >= 0.3 is 12.4 Å². The zero-order valence-electron chi connectivity index (χ0n) is 17.3. The summed E-state index contributed by atoms with van der Waals surface area (Å²) in [5.74, 6) is 5.05. The number of thiophene rings is 1. The summed E-state index contributed by atoms with van der Waals surface area (Å²) in [4.78, 5) is 15.0. The zero-order valence-corrected chi connectivity index (χ0v) is 18.9. The third-order valence-electron chi connectivity index (χ3n) is 5.29. The number of rotatable bonds is 2. The van der Waals surface area contributed by atoms with Crippen molar-refractivity contribution in [1.29, 1.82) is 0 Å². The molecule has 0 fully saturated rings. The Balaban J connectivity index is 1.82. The maximum Gasteiger partial charge on any atom is 0.430 e. The first-order valence-corrected chi connectivity index (χ1v) is 11.5. The normalized spacial score (nSPS) is 16.7. The molecule has 4 rings (SSSR count). The van der Waals surface area contributed by atoms with E-state index in [9.17, 15) is 36.2 Å². The molecule has 2 aromatic carbocycles. The number of alkyl halides is 6. The molecule has 1 aliphatic heterocycles. The van der Waals surface area contributed by atoms with Gasteiger partial charge in [-0.15, -0.1) is 29.0 Å². The molecule has 1 N–H and O–H groups in total. The monoisotopic (exact) mass is 515 g/mol. The van der Waals surface area contributed by atoms with Gasteiger partial charge in [0.15, 0.2) is 0 Å². The highest BCUT2D eigenvalue weighted by Gasteiger charge is 2.71. The van der Waals surface area contributed by atoms with Crippen molar-refractivity contribution >= 4 is 44.8 Å². The predicted molar refractivity (Wildman–Crippen MR) is 119 cm³/mol. The molecule has 1 aliphatic rings. The number of carbonyl (C=O) groups excluding carboxylic acids is 1. The number of benzene rings is 2. The van der Waals surface area contributed by atoms with E-state index >= 15 is 0 Å². The molecule has 34 heavy (non-hydrogen) atoms. The second-order valence-electron chi connectivity index (χ2n) is 7.45. The summed E-state index contributed by atoms with van der Waals surface area (Å²) in [5.41, 5.74) is -6.28. The van der Waals surface area contributed by atoms with E-state index < -0.39 is 34.7 Å². The first-order chi connectivity index (χ1) is 15.9. The smallest absolute Gasteiger partial charge is 0.369 e. The Morgan fingerprint density at radius 2 is 1.74 bits per heavy atom. The fourth-order valence-electron chi connectivity index (χ4n) is 3.65. The molecule has 0 radical (unpaired) electrons. The third-order valence-corrected chi connectivity index (χ3v) is 7.53. The predicted octanol–water partition coefficient (Wildman–Crippen LogP) is 6.36. The lowest BCUT2D eigenvalue weighted by Gasteiger charge is -2.35. The van der Waals surface area contributed by atoms with Crippen LogP contribution in [0.1, 0.15) is 22.2 Å². The molecule has 1 amide bonds. The van der Waals surface area contributed by atoms with Crippen LogP contribution in [0.2, 0.25) is 0 Å². The highest BCUT2D eigenvalue weighted by Crippen LogP contribution is 2.52. The standard InChI is InChI=1S/C23H15F6NO2S2/c1-2-5-15-12-30(20(31)19-10-13-6-3-4-7-17(13)34-19)16-9-8-14(11-18(16)33-15)21(32,22(24,25)26)23(27,28)29/h3-4,6-11,15,32H,12H2,1H3. The number of amides is 1. The second-order valence-corrected chi connectivity index (χ2v) is 9.78. The van der Waals surface area contributed by atoms with Gasteiger partial charge in [0.05, 0.1) is 15.8 Å². The van der Waals surface area contributed by atoms with Crippen molar-refractivity contribution in [2.45, 2.75) is 35.0 Å². The maximum atomic E-state index is 13.4. The molecule has 0 saturated carbocycles. The minimum absolute atomic E-state index is 0.0158. The van der Waals surface area contributed by atoms with Gasteiger partial charge in [0, 0.05) is 21.7 Å². The van der Waals surface area contributed by atoms with Crippen LogP contribution in [0.5, 0.6) is 0 Å². The van der Waals surface area contributed by atoms with E-state index in [1.807, 2.05) is 24.3 Å². The number of hydrogen-bond acceptors (Lipinski definition) is 4. The summed E-state index contributed by atoms with van der Waals surface area (Å²) in [6.07, 6.45) is -12.0. The molecular weight excluding hydrogens is 500 g/mol. The third kappa shape index (κ3) is 4.04. The van der Waals surface area contributed by atoms with E-state index in [0.29, 0.717) is 17.0 Å².